The van der Waals surface area contributed by atoms with Gasteiger partial charge in [0.15, 0.2) is 0 Å². The molecule has 504 valence electrons. The number of hydrogen-bond donors (Lipinski definition) is 5. The molecule has 6 aliphatic rings. The Morgan fingerprint density at radius 3 is 1.08 bits per heavy atom. The molecule has 6 atom stereocenters. The van der Waals surface area contributed by atoms with E-state index in [-0.39, 0.29) is 67.1 Å². The highest BCUT2D eigenvalue weighted by atomic mass is 35.5. The van der Waals surface area contributed by atoms with Gasteiger partial charge < -0.3 is 30.6 Å². The third-order valence-corrected chi connectivity index (χ3v) is 21.5. The largest absolute Gasteiger partial charge is 0.376 e. The third-order valence-electron chi connectivity index (χ3n) is 17.2. The number of halogens is 2. The zero-order valence-electron chi connectivity index (χ0n) is 54.6. The standard InChI is InChI=1S/2C23H34N2O3S.C17H22O4S.C7H15N.2ClH/c2*1-18-7-11-20(12-8-18)17-28-16-15-24-22-5-3-4-6-23(22)25-29(26,27)21-13-9-19(2)10-14-21;1-14-3-7-16(8-4-14)13-20-11-12-21-22(18,19)17-9-5-15(2)6-10-17;1-6-4-2-3-5-7(6)8;;/h2*7,9-10,12-14,22-25H,3-6,8,11,15-17H2,1-2H3;3,5-6,8-10H,4,7,11-13H2,1-2H3;6-7H,2-5,8H2,1H3;2*1H/t2*22-,23-;;6-,7-;;/m11.1../s1. The second-order valence-corrected chi connectivity index (χ2v) is 30.0. The van der Waals surface area contributed by atoms with Gasteiger partial charge in [-0.25, -0.2) is 26.3 Å². The van der Waals surface area contributed by atoms with Gasteiger partial charge >= 0.3 is 0 Å². The van der Waals surface area contributed by atoms with Gasteiger partial charge in [0, 0.05) is 43.3 Å². The van der Waals surface area contributed by atoms with Gasteiger partial charge in [-0.2, -0.15) is 8.42 Å². The lowest BCUT2D eigenvalue weighted by atomic mass is 9.87. The Bertz CT molecular complexity index is 3000. The summed E-state index contributed by atoms with van der Waals surface area (Å²) in [5, 5.41) is 7.03. The number of benzene rings is 3. The summed E-state index contributed by atoms with van der Waals surface area (Å²) in [4.78, 5) is 0.843. The summed E-state index contributed by atoms with van der Waals surface area (Å²) in [6, 6.07) is 21.3. The van der Waals surface area contributed by atoms with Crippen molar-refractivity contribution in [2.75, 3.05) is 59.3 Å². The number of allylic oxidation sites excluding steroid dienone is 9. The van der Waals surface area contributed by atoms with E-state index >= 15 is 0 Å². The van der Waals surface area contributed by atoms with Crippen LogP contribution in [-0.2, 0) is 48.6 Å². The molecule has 9 rings (SSSR count). The molecule has 15 nitrogen and oxygen atoms in total. The van der Waals surface area contributed by atoms with Crippen molar-refractivity contribution in [3.8, 4) is 0 Å². The SMILES string of the molecule is CC1=CCC(COCCN[C@@H]2CCCC[C@H]2NS(=O)(=O)c2ccc(C)cc2)=CC1.CC1=CCC(COCCN[C@@H]2CCCC[C@H]2NS(=O)(=O)c2ccc(C)cc2)=CC1.CC1=CCC(COCCOS(=O)(=O)c2ccc(C)cc2)=CC1.C[C@@H]1CCCC[C@H]1N.Cl.Cl. The maximum absolute atomic E-state index is 12.8. The van der Waals surface area contributed by atoms with Crippen LogP contribution in [0.25, 0.3) is 0 Å². The molecule has 0 saturated heterocycles. The topological polar surface area (TPSA) is 213 Å². The smallest absolute Gasteiger partial charge is 0.297 e. The first-order valence-electron chi connectivity index (χ1n) is 32.3. The van der Waals surface area contributed by atoms with E-state index in [2.05, 4.69) is 84.2 Å². The highest BCUT2D eigenvalue weighted by molar-refractivity contribution is 7.89. The summed E-state index contributed by atoms with van der Waals surface area (Å²) in [6.45, 7) is 19.4. The third kappa shape index (κ3) is 28.8. The summed E-state index contributed by atoms with van der Waals surface area (Å²) < 4.78 is 103. The minimum absolute atomic E-state index is 0. The predicted molar refractivity (Wildman–Crippen MR) is 371 cm³/mol. The van der Waals surface area contributed by atoms with Crippen LogP contribution in [0.15, 0.2) is 157 Å². The van der Waals surface area contributed by atoms with E-state index in [1.165, 1.54) is 59.1 Å². The van der Waals surface area contributed by atoms with Gasteiger partial charge in [0.25, 0.3) is 10.1 Å². The number of aryl methyl sites for hydroxylation is 3. The van der Waals surface area contributed by atoms with Crippen molar-refractivity contribution in [2.45, 2.75) is 209 Å². The molecule has 6 N–H and O–H groups in total. The first-order valence-corrected chi connectivity index (χ1v) is 36.6. The first-order chi connectivity index (χ1) is 42.2. The van der Waals surface area contributed by atoms with Crippen LogP contribution in [0.1, 0.15) is 160 Å². The molecule has 0 heterocycles. The molecule has 3 aromatic rings. The Hall–Kier alpha value is -3.83. The van der Waals surface area contributed by atoms with E-state index in [4.69, 9.17) is 24.1 Å². The number of nitrogens with two attached hydrogens (primary N) is 1. The fourth-order valence-corrected chi connectivity index (χ4v) is 14.8. The average Bonchev–Trinajstić information content (AvgIpc) is 1.41. The van der Waals surface area contributed by atoms with Crippen molar-refractivity contribution in [2.24, 2.45) is 11.7 Å². The van der Waals surface area contributed by atoms with Gasteiger partial charge in [-0.05, 0) is 178 Å². The zero-order valence-corrected chi connectivity index (χ0v) is 58.7. The molecule has 90 heavy (non-hydrogen) atoms. The fraction of sp³-hybridized carbons (Fsp3) is 0.571. The van der Waals surface area contributed by atoms with Crippen molar-refractivity contribution in [3.05, 3.63) is 159 Å². The van der Waals surface area contributed by atoms with Crippen LogP contribution in [0.2, 0.25) is 0 Å². The molecule has 0 radical (unpaired) electrons. The van der Waals surface area contributed by atoms with E-state index in [9.17, 15) is 25.3 Å². The summed E-state index contributed by atoms with van der Waals surface area (Å²) in [5.74, 6) is 0.781. The van der Waals surface area contributed by atoms with Crippen LogP contribution in [0, 0.1) is 26.7 Å². The lowest BCUT2D eigenvalue weighted by Crippen LogP contribution is -2.52. The Morgan fingerprint density at radius 1 is 0.411 bits per heavy atom. The zero-order chi connectivity index (χ0) is 63.4. The first kappa shape index (κ1) is 78.6. The second-order valence-electron chi connectivity index (χ2n) is 24.9. The molecule has 3 aromatic carbocycles. The lowest BCUT2D eigenvalue weighted by Gasteiger charge is -2.32. The van der Waals surface area contributed by atoms with Gasteiger partial charge in [0.05, 0.1) is 60.9 Å². The molecule has 3 fully saturated rings. The van der Waals surface area contributed by atoms with Crippen LogP contribution in [0.4, 0.5) is 0 Å². The predicted octanol–water partition coefficient (Wildman–Crippen LogP) is 13.5. The van der Waals surface area contributed by atoms with Gasteiger partial charge in [0.1, 0.15) is 0 Å². The molecule has 3 saturated carbocycles. The number of hydrogen-bond acceptors (Lipinski definition) is 13. The average molecular weight is 1350 g/mol. The molecule has 0 spiro atoms. The molecule has 20 heteroatoms. The maximum Gasteiger partial charge on any atom is 0.297 e. The molecular weight excluding hydrogens is 1240 g/mol. The molecule has 0 amide bonds. The minimum atomic E-state index is -3.69. The summed E-state index contributed by atoms with van der Waals surface area (Å²) in [5.41, 5.74) is 17.0. The molecular formula is C70H107Cl2N5O10S3. The highest BCUT2D eigenvalue weighted by Gasteiger charge is 2.31. The Kier molecular flexibility index (Phi) is 35.9. The number of rotatable bonds is 25. The van der Waals surface area contributed by atoms with Crippen molar-refractivity contribution >= 4 is 55.0 Å². The van der Waals surface area contributed by atoms with Crippen LogP contribution >= 0.6 is 24.8 Å². The minimum Gasteiger partial charge on any atom is -0.376 e. The molecule has 0 bridgehead atoms. The lowest BCUT2D eigenvalue weighted by molar-refractivity contribution is 0.118. The van der Waals surface area contributed by atoms with E-state index in [1.54, 1.807) is 48.5 Å². The molecule has 0 aliphatic heterocycles. The summed E-state index contributed by atoms with van der Waals surface area (Å²) in [6.07, 6.45) is 32.7. The normalized spacial score (nSPS) is 22.0. The molecule has 0 aromatic heterocycles. The van der Waals surface area contributed by atoms with Crippen LogP contribution in [-0.4, -0.2) is 115 Å². The van der Waals surface area contributed by atoms with E-state index in [0.717, 1.165) is 126 Å². The number of sulfonamides is 2. The van der Waals surface area contributed by atoms with Crippen LogP contribution < -0.4 is 25.8 Å². The van der Waals surface area contributed by atoms with Gasteiger partial charge in [-0.1, -0.05) is 152 Å². The van der Waals surface area contributed by atoms with Gasteiger partial charge in [-0.15, -0.1) is 24.8 Å². The fourth-order valence-electron chi connectivity index (χ4n) is 11.3. The van der Waals surface area contributed by atoms with E-state index < -0.39 is 30.2 Å². The van der Waals surface area contributed by atoms with Gasteiger partial charge in [-0.3, -0.25) is 4.18 Å². The maximum atomic E-state index is 12.8. The van der Waals surface area contributed by atoms with Crippen LogP contribution in [0.5, 0.6) is 0 Å². The summed E-state index contributed by atoms with van der Waals surface area (Å²) >= 11 is 0. The highest BCUT2D eigenvalue weighted by Crippen LogP contribution is 2.25. The number of ether oxygens (including phenoxy) is 3. The van der Waals surface area contributed by atoms with Crippen molar-refractivity contribution < 1.29 is 43.6 Å². The Labute approximate surface area is 554 Å². The van der Waals surface area contributed by atoms with Crippen molar-refractivity contribution in [1.29, 1.82) is 0 Å². The Morgan fingerprint density at radius 2 is 0.744 bits per heavy atom. The monoisotopic (exact) mass is 1340 g/mol. The Balaban J connectivity index is 0.000000270. The van der Waals surface area contributed by atoms with Crippen molar-refractivity contribution in [1.82, 2.24) is 20.1 Å². The second kappa shape index (κ2) is 41.1. The van der Waals surface area contributed by atoms with E-state index in [1.807, 2.05) is 45.0 Å². The number of nitrogens with one attached hydrogen (secondary N) is 4. The van der Waals surface area contributed by atoms with Crippen LogP contribution in [0.3, 0.4) is 0 Å². The van der Waals surface area contributed by atoms with Crippen molar-refractivity contribution in [3.63, 3.8) is 0 Å². The van der Waals surface area contributed by atoms with E-state index in [0.29, 0.717) is 48.9 Å². The summed E-state index contributed by atoms with van der Waals surface area (Å²) in [7, 11) is -10.7. The molecule has 6 aliphatic carbocycles. The quantitative estimate of drug-likeness (QED) is 0.0304. The van der Waals surface area contributed by atoms with Gasteiger partial charge in [0.2, 0.25) is 20.0 Å². The molecule has 0 unspecified atom stereocenters.